The Morgan fingerprint density at radius 1 is 1.09 bits per heavy atom. The second-order valence-corrected chi connectivity index (χ2v) is 8.89. The lowest BCUT2D eigenvalue weighted by Gasteiger charge is -2.27. The molecule has 4 aromatic rings. The Labute approximate surface area is 203 Å². The highest BCUT2D eigenvalue weighted by Crippen LogP contribution is 2.43. The van der Waals surface area contributed by atoms with Gasteiger partial charge in [0.25, 0.3) is 0 Å². The number of ether oxygens (including phenoxy) is 2. The molecule has 0 fully saturated rings. The number of furan rings is 1. The van der Waals surface area contributed by atoms with Crippen LogP contribution in [0, 0.1) is 18.3 Å². The molecule has 0 bridgehead atoms. The first kappa shape index (κ1) is 22.3. The molecule has 1 aromatic heterocycles. The number of para-hydroxylation sites is 1. The van der Waals surface area contributed by atoms with Crippen molar-refractivity contribution >= 4 is 16.9 Å². The van der Waals surface area contributed by atoms with Crippen LogP contribution in [0.2, 0.25) is 0 Å². The maximum atomic E-state index is 12.9. The van der Waals surface area contributed by atoms with Crippen molar-refractivity contribution < 1.29 is 18.7 Å². The molecule has 6 nitrogen and oxygen atoms in total. The minimum absolute atomic E-state index is 0.0366. The molecule has 5 rings (SSSR count). The van der Waals surface area contributed by atoms with E-state index >= 15 is 0 Å². The molecule has 6 heteroatoms. The normalized spacial score (nSPS) is 15.0. The monoisotopic (exact) mass is 464 g/mol. The maximum absolute atomic E-state index is 12.9. The molecule has 2 heterocycles. The zero-order valence-corrected chi connectivity index (χ0v) is 19.7. The Hall–Kier alpha value is -4.50. The van der Waals surface area contributed by atoms with Crippen LogP contribution >= 0.6 is 0 Å². The first-order valence-corrected chi connectivity index (χ1v) is 11.4. The lowest BCUT2D eigenvalue weighted by molar-refractivity contribution is 0.0702. The summed E-state index contributed by atoms with van der Waals surface area (Å²) in [6, 6.07) is 22.9. The van der Waals surface area contributed by atoms with Crippen LogP contribution < -0.4 is 15.2 Å². The third-order valence-electron chi connectivity index (χ3n) is 6.37. The summed E-state index contributed by atoms with van der Waals surface area (Å²) < 4.78 is 17.1. The summed E-state index contributed by atoms with van der Waals surface area (Å²) in [5, 5.41) is 10.7. The third-order valence-corrected chi connectivity index (χ3v) is 6.37. The number of nitrogens with two attached hydrogens (primary N) is 1. The number of hydrogen-bond acceptors (Lipinski definition) is 6. The summed E-state index contributed by atoms with van der Waals surface area (Å²) in [6.45, 7) is 6.09. The van der Waals surface area contributed by atoms with Gasteiger partial charge in [0.2, 0.25) is 11.6 Å². The van der Waals surface area contributed by atoms with Gasteiger partial charge in [-0.3, -0.25) is 0 Å². The van der Waals surface area contributed by atoms with E-state index in [1.54, 1.807) is 18.2 Å². The van der Waals surface area contributed by atoms with Crippen molar-refractivity contribution in [2.45, 2.75) is 32.6 Å². The minimum Gasteiger partial charge on any atom is -0.449 e. The summed E-state index contributed by atoms with van der Waals surface area (Å²) >= 11 is 0. The second kappa shape index (κ2) is 8.69. The smallest absolute Gasteiger partial charge is 0.379 e. The highest BCUT2D eigenvalue weighted by atomic mass is 16.5. The van der Waals surface area contributed by atoms with Crippen molar-refractivity contribution in [3.63, 3.8) is 0 Å². The van der Waals surface area contributed by atoms with Crippen molar-refractivity contribution in [3.8, 4) is 17.6 Å². The van der Waals surface area contributed by atoms with Gasteiger partial charge in [0.1, 0.15) is 28.7 Å². The van der Waals surface area contributed by atoms with Gasteiger partial charge < -0.3 is 19.6 Å². The van der Waals surface area contributed by atoms with Gasteiger partial charge in [0.05, 0.1) is 5.92 Å². The molecule has 0 spiro atoms. The van der Waals surface area contributed by atoms with Crippen molar-refractivity contribution in [2.24, 2.45) is 5.73 Å². The molecule has 0 aliphatic carbocycles. The van der Waals surface area contributed by atoms with E-state index in [9.17, 15) is 10.1 Å². The number of benzene rings is 3. The molecule has 1 atom stereocenters. The Morgan fingerprint density at radius 2 is 1.83 bits per heavy atom. The Kier molecular flexibility index (Phi) is 5.54. The summed E-state index contributed by atoms with van der Waals surface area (Å²) in [6.07, 6.45) is 0. The quantitative estimate of drug-likeness (QED) is 0.281. The summed E-state index contributed by atoms with van der Waals surface area (Å²) in [5.74, 6) is 0.328. The largest absolute Gasteiger partial charge is 0.449 e. The summed E-state index contributed by atoms with van der Waals surface area (Å²) in [7, 11) is 0. The predicted octanol–water partition coefficient (Wildman–Crippen LogP) is 6.30. The number of nitriles is 1. The zero-order chi connectivity index (χ0) is 24.7. The van der Waals surface area contributed by atoms with E-state index in [0.29, 0.717) is 22.8 Å². The number of carbonyl (C=O) groups excluding carboxylic acids is 1. The molecule has 1 unspecified atom stereocenters. The van der Waals surface area contributed by atoms with Crippen molar-refractivity contribution in [1.29, 1.82) is 5.26 Å². The number of esters is 1. The van der Waals surface area contributed by atoms with Crippen molar-refractivity contribution in [1.82, 2.24) is 0 Å². The number of carbonyl (C=O) groups is 1. The number of allylic oxidation sites excluding steroid dienone is 1. The van der Waals surface area contributed by atoms with Crippen molar-refractivity contribution in [3.05, 3.63) is 106 Å². The highest BCUT2D eigenvalue weighted by molar-refractivity contribution is 5.96. The van der Waals surface area contributed by atoms with Crippen molar-refractivity contribution in [2.75, 3.05) is 0 Å². The standard InChI is InChI=1S/C29H24N2O4/c1-16(2)18-8-10-19(11-9-18)26-22-13-12-20(14-25(22)35-28(31)23(26)15-30)33-29(32)27-17(3)21-6-4-5-7-24(21)34-27/h4-14,16,26H,31H2,1-3H3. The van der Waals surface area contributed by atoms with Gasteiger partial charge in [-0.1, -0.05) is 62.4 Å². The third kappa shape index (κ3) is 3.91. The van der Waals surface area contributed by atoms with Gasteiger partial charge >= 0.3 is 5.97 Å². The maximum Gasteiger partial charge on any atom is 0.379 e. The average molecular weight is 465 g/mol. The van der Waals surface area contributed by atoms with Gasteiger partial charge in [0.15, 0.2) is 0 Å². The lowest BCUT2D eigenvalue weighted by atomic mass is 9.83. The first-order chi connectivity index (χ1) is 16.9. The van der Waals surface area contributed by atoms with E-state index in [1.165, 1.54) is 5.56 Å². The molecule has 35 heavy (non-hydrogen) atoms. The van der Waals surface area contributed by atoms with Crippen LogP contribution in [0.1, 0.15) is 58.5 Å². The molecular weight excluding hydrogens is 440 g/mol. The van der Waals surface area contributed by atoms with E-state index in [2.05, 4.69) is 32.0 Å². The Bertz CT molecular complexity index is 1520. The zero-order valence-electron chi connectivity index (χ0n) is 19.7. The van der Waals surface area contributed by atoms with Gasteiger partial charge in [-0.05, 0) is 36.1 Å². The van der Waals surface area contributed by atoms with Gasteiger partial charge in [-0.25, -0.2) is 4.79 Å². The molecule has 1 aliphatic rings. The van der Waals surface area contributed by atoms with E-state index < -0.39 is 5.97 Å². The molecule has 2 N–H and O–H groups in total. The van der Waals surface area contributed by atoms with Gasteiger partial charge in [0, 0.05) is 22.6 Å². The van der Waals surface area contributed by atoms with Gasteiger partial charge in [-0.2, -0.15) is 5.26 Å². The van der Waals surface area contributed by atoms with E-state index in [0.717, 1.165) is 22.1 Å². The van der Waals surface area contributed by atoms with E-state index in [4.69, 9.17) is 19.6 Å². The molecule has 0 amide bonds. The molecule has 3 aromatic carbocycles. The van der Waals surface area contributed by atoms with Crippen LogP contribution in [0.3, 0.4) is 0 Å². The molecule has 0 saturated carbocycles. The van der Waals surface area contributed by atoms with Crippen LogP contribution in [0.15, 0.2) is 82.6 Å². The minimum atomic E-state index is -0.600. The molecule has 1 aliphatic heterocycles. The second-order valence-electron chi connectivity index (χ2n) is 8.89. The summed E-state index contributed by atoms with van der Waals surface area (Å²) in [5.41, 5.74) is 10.7. The predicted molar refractivity (Wildman–Crippen MR) is 132 cm³/mol. The average Bonchev–Trinajstić information content (AvgIpc) is 3.20. The fraction of sp³-hybridized carbons (Fsp3) is 0.172. The number of fused-ring (bicyclic) bond motifs is 2. The lowest BCUT2D eigenvalue weighted by Crippen LogP contribution is -2.21. The van der Waals surface area contributed by atoms with Crippen LogP contribution in [0.4, 0.5) is 0 Å². The van der Waals surface area contributed by atoms with Crippen LogP contribution in [0.25, 0.3) is 11.0 Å². The van der Waals surface area contributed by atoms with Crippen LogP contribution in [-0.4, -0.2) is 5.97 Å². The van der Waals surface area contributed by atoms with E-state index in [1.807, 2.05) is 43.3 Å². The Morgan fingerprint density at radius 3 is 2.51 bits per heavy atom. The molecule has 174 valence electrons. The number of hydrogen-bond donors (Lipinski definition) is 1. The Balaban J connectivity index is 1.48. The fourth-order valence-electron chi connectivity index (χ4n) is 4.44. The topological polar surface area (TPSA) is 98.5 Å². The van der Waals surface area contributed by atoms with Crippen LogP contribution in [-0.2, 0) is 0 Å². The van der Waals surface area contributed by atoms with Crippen LogP contribution in [0.5, 0.6) is 11.5 Å². The highest BCUT2D eigenvalue weighted by Gasteiger charge is 2.31. The number of aryl methyl sites for hydroxylation is 1. The molecule has 0 radical (unpaired) electrons. The fourth-order valence-corrected chi connectivity index (χ4v) is 4.44. The molecular formula is C29H24N2O4. The number of rotatable bonds is 4. The van der Waals surface area contributed by atoms with Gasteiger partial charge in [-0.15, -0.1) is 0 Å². The molecule has 0 saturated heterocycles. The summed E-state index contributed by atoms with van der Waals surface area (Å²) in [4.78, 5) is 12.9. The first-order valence-electron chi connectivity index (χ1n) is 11.4. The SMILES string of the molecule is Cc1c(C(=O)Oc2ccc3c(c2)OC(N)=C(C#N)C3c2ccc(C(C)C)cc2)oc2ccccc12. The van der Waals surface area contributed by atoms with E-state index in [-0.39, 0.29) is 23.3 Å². The number of nitrogens with zero attached hydrogens (tertiary/aromatic N) is 1.